The maximum atomic E-state index is 13.3. The molecule has 3 heterocycles. The first-order valence-corrected chi connectivity index (χ1v) is 10.6. The monoisotopic (exact) mass is 397 g/mol. The number of carbonyl (C=O) groups is 1. The Kier molecular flexibility index (Phi) is 5.90. The Labute approximate surface area is 172 Å². The summed E-state index contributed by atoms with van der Waals surface area (Å²) in [5.74, 6) is 1.59. The molecule has 1 fully saturated rings. The molecule has 2 aliphatic rings. The molecule has 2 aromatic rings. The van der Waals surface area contributed by atoms with E-state index in [0.29, 0.717) is 25.4 Å². The van der Waals surface area contributed by atoms with Crippen LogP contribution in [0.15, 0.2) is 24.3 Å². The van der Waals surface area contributed by atoms with Gasteiger partial charge in [0.05, 0.1) is 12.8 Å². The number of hydrogen-bond donors (Lipinski definition) is 0. The largest absolute Gasteiger partial charge is 0.497 e. The maximum absolute atomic E-state index is 13.3. The van der Waals surface area contributed by atoms with Crippen molar-refractivity contribution < 1.29 is 14.3 Å². The molecule has 0 N–H and O–H groups in total. The van der Waals surface area contributed by atoms with Crippen LogP contribution in [-0.4, -0.2) is 47.0 Å². The highest BCUT2D eigenvalue weighted by Gasteiger charge is 2.35. The molecule has 0 unspecified atom stereocenters. The third-order valence-electron chi connectivity index (χ3n) is 6.35. The van der Waals surface area contributed by atoms with E-state index in [1.807, 2.05) is 24.6 Å². The molecule has 0 radical (unpaired) electrons. The number of nitrogens with zero attached hydrogens (tertiary/aromatic N) is 3. The predicted octanol–water partition coefficient (Wildman–Crippen LogP) is 3.28. The normalized spacial score (nSPS) is 19.8. The number of aryl methyl sites for hydroxylation is 3. The highest BCUT2D eigenvalue weighted by Crippen LogP contribution is 2.34. The highest BCUT2D eigenvalue weighted by atomic mass is 16.5. The van der Waals surface area contributed by atoms with Gasteiger partial charge in [0.15, 0.2) is 0 Å². The van der Waals surface area contributed by atoms with Gasteiger partial charge in [0.1, 0.15) is 5.75 Å². The molecule has 1 aromatic heterocycles. The lowest BCUT2D eigenvalue weighted by atomic mass is 9.82. The van der Waals surface area contributed by atoms with Gasteiger partial charge in [-0.3, -0.25) is 9.48 Å². The zero-order valence-electron chi connectivity index (χ0n) is 17.7. The van der Waals surface area contributed by atoms with E-state index in [1.54, 1.807) is 7.11 Å². The lowest BCUT2D eigenvalue weighted by Gasteiger charge is -2.42. The molecule has 1 amide bonds. The number of amides is 1. The van der Waals surface area contributed by atoms with Crippen LogP contribution in [0.4, 0.5) is 0 Å². The molecule has 0 aliphatic carbocycles. The summed E-state index contributed by atoms with van der Waals surface area (Å²) in [6.45, 7) is 6.92. The van der Waals surface area contributed by atoms with Crippen LogP contribution >= 0.6 is 0 Å². The van der Waals surface area contributed by atoms with Gasteiger partial charge in [-0.15, -0.1) is 0 Å². The zero-order valence-corrected chi connectivity index (χ0v) is 17.7. The van der Waals surface area contributed by atoms with E-state index in [1.165, 1.54) is 11.1 Å². The summed E-state index contributed by atoms with van der Waals surface area (Å²) in [5.41, 5.74) is 4.64. The summed E-state index contributed by atoms with van der Waals surface area (Å²) < 4.78 is 12.9. The fourth-order valence-electron chi connectivity index (χ4n) is 4.75. The fourth-order valence-corrected chi connectivity index (χ4v) is 4.75. The van der Waals surface area contributed by atoms with E-state index in [4.69, 9.17) is 9.47 Å². The van der Waals surface area contributed by atoms with Gasteiger partial charge in [0, 0.05) is 44.5 Å². The molecule has 156 valence electrons. The Balaban J connectivity index is 1.54. The smallest absolute Gasteiger partial charge is 0.225 e. The molecule has 6 nitrogen and oxygen atoms in total. The van der Waals surface area contributed by atoms with E-state index >= 15 is 0 Å². The van der Waals surface area contributed by atoms with Crippen LogP contribution in [-0.2, 0) is 29.0 Å². The summed E-state index contributed by atoms with van der Waals surface area (Å²) in [6.07, 6.45) is 3.41. The van der Waals surface area contributed by atoms with Gasteiger partial charge in [-0.25, -0.2) is 0 Å². The molecule has 4 rings (SSSR count). The number of fused-ring (bicyclic) bond motifs is 1. The van der Waals surface area contributed by atoms with Crippen molar-refractivity contribution in [2.24, 2.45) is 5.92 Å². The topological polar surface area (TPSA) is 56.6 Å². The maximum Gasteiger partial charge on any atom is 0.225 e. The van der Waals surface area contributed by atoms with Gasteiger partial charge in [-0.1, -0.05) is 6.07 Å². The van der Waals surface area contributed by atoms with Crippen molar-refractivity contribution in [1.82, 2.24) is 14.7 Å². The quantitative estimate of drug-likeness (QED) is 0.777. The Bertz CT molecular complexity index is 870. The van der Waals surface area contributed by atoms with Gasteiger partial charge in [-0.2, -0.15) is 5.10 Å². The minimum atomic E-state index is 0.218. The second kappa shape index (κ2) is 8.57. The number of ether oxygens (including phenoxy) is 2. The fraction of sp³-hybridized carbons (Fsp3) is 0.565. The predicted molar refractivity (Wildman–Crippen MR) is 111 cm³/mol. The number of hydrogen-bond acceptors (Lipinski definition) is 4. The first kappa shape index (κ1) is 20.0. The minimum Gasteiger partial charge on any atom is -0.497 e. The van der Waals surface area contributed by atoms with Gasteiger partial charge >= 0.3 is 0 Å². The standard InChI is InChI=1S/C23H31N3O3/c1-16-12-17(2)26(24-16)9-6-23(27)25-15-19-4-5-21(28-3)13-20(19)14-22(25)18-7-10-29-11-8-18/h4-5,12-13,18,22H,6-11,14-15H2,1-3H3/t22-/m1/s1. The van der Waals surface area contributed by atoms with Crippen LogP contribution in [0.3, 0.4) is 0 Å². The number of benzene rings is 1. The number of carbonyl (C=O) groups excluding carboxylic acids is 1. The van der Waals surface area contributed by atoms with Gasteiger partial charge < -0.3 is 14.4 Å². The molecule has 0 saturated carbocycles. The third kappa shape index (κ3) is 4.32. The third-order valence-corrected chi connectivity index (χ3v) is 6.35. The van der Waals surface area contributed by atoms with Crippen LogP contribution in [0.1, 0.15) is 41.8 Å². The lowest BCUT2D eigenvalue weighted by molar-refractivity contribution is -0.137. The average molecular weight is 398 g/mol. The van der Waals surface area contributed by atoms with E-state index in [-0.39, 0.29) is 11.9 Å². The number of rotatable bonds is 5. The second-order valence-electron chi connectivity index (χ2n) is 8.28. The Morgan fingerprint density at radius 1 is 1.21 bits per heavy atom. The van der Waals surface area contributed by atoms with Crippen LogP contribution in [0, 0.1) is 19.8 Å². The summed E-state index contributed by atoms with van der Waals surface area (Å²) in [5, 5.41) is 4.51. The van der Waals surface area contributed by atoms with Crippen LogP contribution in [0.2, 0.25) is 0 Å². The van der Waals surface area contributed by atoms with Crippen LogP contribution in [0.25, 0.3) is 0 Å². The number of methoxy groups -OCH3 is 1. The van der Waals surface area contributed by atoms with Crippen molar-refractivity contribution in [1.29, 1.82) is 0 Å². The molecule has 0 spiro atoms. The van der Waals surface area contributed by atoms with E-state index in [9.17, 15) is 4.79 Å². The Hall–Kier alpha value is -2.34. The molecule has 6 heteroatoms. The molecule has 1 aromatic carbocycles. The molecular formula is C23H31N3O3. The van der Waals surface area contributed by atoms with Gasteiger partial charge in [0.2, 0.25) is 5.91 Å². The molecule has 2 aliphatic heterocycles. The minimum absolute atomic E-state index is 0.218. The van der Waals surface area contributed by atoms with E-state index in [2.05, 4.69) is 28.2 Å². The molecule has 1 atom stereocenters. The first-order valence-electron chi connectivity index (χ1n) is 10.6. The summed E-state index contributed by atoms with van der Waals surface area (Å²) in [4.78, 5) is 15.4. The van der Waals surface area contributed by atoms with Crippen molar-refractivity contribution in [2.45, 2.75) is 58.7 Å². The van der Waals surface area contributed by atoms with Crippen molar-refractivity contribution in [3.05, 3.63) is 46.8 Å². The molecule has 0 bridgehead atoms. The first-order chi connectivity index (χ1) is 14.0. The Morgan fingerprint density at radius 2 is 2.00 bits per heavy atom. The summed E-state index contributed by atoms with van der Waals surface area (Å²) in [7, 11) is 1.70. The van der Waals surface area contributed by atoms with E-state index < -0.39 is 0 Å². The zero-order chi connectivity index (χ0) is 20.4. The number of aromatic nitrogens is 2. The van der Waals surface area contributed by atoms with Crippen molar-refractivity contribution in [3.8, 4) is 5.75 Å². The van der Waals surface area contributed by atoms with Crippen molar-refractivity contribution in [2.75, 3.05) is 20.3 Å². The summed E-state index contributed by atoms with van der Waals surface area (Å²) in [6, 6.07) is 8.52. The SMILES string of the molecule is COc1ccc2c(c1)C[C@H](C1CCOCC1)N(C(=O)CCn1nc(C)cc1C)C2. The second-order valence-corrected chi connectivity index (χ2v) is 8.28. The van der Waals surface area contributed by atoms with E-state index in [0.717, 1.165) is 49.6 Å². The highest BCUT2D eigenvalue weighted by molar-refractivity contribution is 5.77. The molecular weight excluding hydrogens is 366 g/mol. The molecule has 1 saturated heterocycles. The van der Waals surface area contributed by atoms with Crippen LogP contribution in [0.5, 0.6) is 5.75 Å². The van der Waals surface area contributed by atoms with Crippen molar-refractivity contribution in [3.63, 3.8) is 0 Å². The molecule has 29 heavy (non-hydrogen) atoms. The summed E-state index contributed by atoms with van der Waals surface area (Å²) >= 11 is 0. The lowest BCUT2D eigenvalue weighted by Crippen LogP contribution is -2.49. The van der Waals surface area contributed by atoms with Gasteiger partial charge in [-0.05, 0) is 68.4 Å². The van der Waals surface area contributed by atoms with Crippen LogP contribution < -0.4 is 4.74 Å². The Morgan fingerprint density at radius 3 is 2.69 bits per heavy atom. The van der Waals surface area contributed by atoms with Crippen molar-refractivity contribution >= 4 is 5.91 Å². The van der Waals surface area contributed by atoms with Gasteiger partial charge in [0.25, 0.3) is 0 Å². The average Bonchev–Trinajstić information content (AvgIpc) is 3.08.